The summed E-state index contributed by atoms with van der Waals surface area (Å²) < 4.78 is 5.02. The SMILES string of the molecule is O=C(COC(=O)CSc1ccc2c(c1)CCC2)NCc1cccs1. The third kappa shape index (κ3) is 4.85. The van der Waals surface area contributed by atoms with Crippen LogP contribution in [0.3, 0.4) is 0 Å². The van der Waals surface area contributed by atoms with Crippen molar-refractivity contribution in [2.45, 2.75) is 30.7 Å². The molecule has 1 aromatic heterocycles. The Kier molecular flexibility index (Phi) is 5.93. The van der Waals surface area contributed by atoms with Gasteiger partial charge in [0.2, 0.25) is 0 Å². The third-order valence-corrected chi connectivity index (χ3v) is 5.67. The van der Waals surface area contributed by atoms with Gasteiger partial charge in [-0.15, -0.1) is 23.1 Å². The number of ether oxygens (including phenoxy) is 1. The summed E-state index contributed by atoms with van der Waals surface area (Å²) in [4.78, 5) is 25.6. The average molecular weight is 361 g/mol. The van der Waals surface area contributed by atoms with Crippen molar-refractivity contribution in [2.24, 2.45) is 0 Å². The Morgan fingerprint density at radius 1 is 1.21 bits per heavy atom. The predicted molar refractivity (Wildman–Crippen MR) is 96.3 cm³/mol. The highest BCUT2D eigenvalue weighted by Gasteiger charge is 2.12. The van der Waals surface area contributed by atoms with Crippen molar-refractivity contribution in [2.75, 3.05) is 12.4 Å². The molecule has 1 amide bonds. The second kappa shape index (κ2) is 8.35. The zero-order valence-electron chi connectivity index (χ0n) is 13.2. The molecule has 3 rings (SSSR count). The van der Waals surface area contributed by atoms with Crippen LogP contribution in [0.4, 0.5) is 0 Å². The van der Waals surface area contributed by atoms with Gasteiger partial charge < -0.3 is 10.1 Å². The van der Waals surface area contributed by atoms with Gasteiger partial charge in [-0.05, 0) is 54.0 Å². The fraction of sp³-hybridized carbons (Fsp3) is 0.333. The maximum Gasteiger partial charge on any atom is 0.316 e. The largest absolute Gasteiger partial charge is 0.455 e. The molecule has 4 nitrogen and oxygen atoms in total. The molecule has 1 heterocycles. The van der Waals surface area contributed by atoms with E-state index in [1.54, 1.807) is 11.3 Å². The molecule has 1 aliphatic carbocycles. The van der Waals surface area contributed by atoms with E-state index in [9.17, 15) is 9.59 Å². The van der Waals surface area contributed by atoms with Gasteiger partial charge >= 0.3 is 5.97 Å². The Balaban J connectivity index is 1.35. The molecule has 0 atom stereocenters. The first-order valence-electron chi connectivity index (χ1n) is 7.90. The van der Waals surface area contributed by atoms with Crippen LogP contribution in [0, 0.1) is 0 Å². The minimum absolute atomic E-state index is 0.219. The number of hydrogen-bond acceptors (Lipinski definition) is 5. The first-order chi connectivity index (χ1) is 11.7. The number of fused-ring (bicyclic) bond motifs is 1. The van der Waals surface area contributed by atoms with Crippen molar-refractivity contribution in [1.29, 1.82) is 0 Å². The summed E-state index contributed by atoms with van der Waals surface area (Å²) in [6, 6.07) is 10.2. The van der Waals surface area contributed by atoms with Crippen molar-refractivity contribution in [3.8, 4) is 0 Å². The van der Waals surface area contributed by atoms with Gasteiger partial charge in [0.25, 0.3) is 5.91 Å². The van der Waals surface area contributed by atoms with Crippen molar-refractivity contribution in [3.63, 3.8) is 0 Å². The lowest BCUT2D eigenvalue weighted by molar-refractivity contribution is -0.145. The maximum absolute atomic E-state index is 11.8. The van der Waals surface area contributed by atoms with Crippen LogP contribution >= 0.6 is 23.1 Å². The number of carbonyl (C=O) groups excluding carboxylic acids is 2. The van der Waals surface area contributed by atoms with Crippen LogP contribution in [-0.2, 0) is 33.7 Å². The topological polar surface area (TPSA) is 55.4 Å². The van der Waals surface area contributed by atoms with Crippen LogP contribution in [0.15, 0.2) is 40.6 Å². The van der Waals surface area contributed by atoms with E-state index < -0.39 is 0 Å². The van der Waals surface area contributed by atoms with Gasteiger partial charge in [-0.25, -0.2) is 0 Å². The summed E-state index contributed by atoms with van der Waals surface area (Å²) in [7, 11) is 0. The zero-order valence-corrected chi connectivity index (χ0v) is 14.9. The van der Waals surface area contributed by atoms with Crippen molar-refractivity contribution in [1.82, 2.24) is 5.32 Å². The Morgan fingerprint density at radius 3 is 2.92 bits per heavy atom. The van der Waals surface area contributed by atoms with Gasteiger partial charge in [-0.1, -0.05) is 12.1 Å². The Hall–Kier alpha value is -1.79. The fourth-order valence-corrected chi connectivity index (χ4v) is 4.02. The van der Waals surface area contributed by atoms with E-state index in [1.807, 2.05) is 17.5 Å². The molecule has 0 bridgehead atoms. The van der Waals surface area contributed by atoms with E-state index in [2.05, 4.69) is 23.5 Å². The quantitative estimate of drug-likeness (QED) is 0.608. The predicted octanol–water partition coefficient (Wildman–Crippen LogP) is 3.19. The summed E-state index contributed by atoms with van der Waals surface area (Å²) in [6.45, 7) is 0.243. The van der Waals surface area contributed by atoms with Gasteiger partial charge in [0.05, 0.1) is 12.3 Å². The van der Waals surface area contributed by atoms with Gasteiger partial charge in [-0.2, -0.15) is 0 Å². The van der Waals surface area contributed by atoms with Crippen molar-refractivity contribution >= 4 is 35.0 Å². The molecule has 24 heavy (non-hydrogen) atoms. The average Bonchev–Trinajstić information content (AvgIpc) is 3.26. The molecule has 2 aromatic rings. The Labute approximate surface area is 149 Å². The lowest BCUT2D eigenvalue weighted by atomic mass is 10.1. The molecular weight excluding hydrogens is 342 g/mol. The van der Waals surface area contributed by atoms with E-state index in [4.69, 9.17) is 4.74 Å². The highest BCUT2D eigenvalue weighted by atomic mass is 32.2. The summed E-state index contributed by atoms with van der Waals surface area (Å²) in [6.07, 6.45) is 3.49. The standard InChI is InChI=1S/C18H19NO3S2/c20-17(19-10-16-5-2-8-23-16)11-22-18(21)12-24-15-7-6-13-3-1-4-14(13)9-15/h2,5-9H,1,3-4,10-12H2,(H,19,20). The van der Waals surface area contributed by atoms with E-state index in [1.165, 1.54) is 29.3 Å². The number of thioether (sulfide) groups is 1. The molecule has 0 saturated carbocycles. The number of esters is 1. The molecule has 1 N–H and O–H groups in total. The fourth-order valence-electron chi connectivity index (χ4n) is 2.62. The van der Waals surface area contributed by atoms with Gasteiger partial charge in [-0.3, -0.25) is 9.59 Å². The Morgan fingerprint density at radius 2 is 2.08 bits per heavy atom. The third-order valence-electron chi connectivity index (χ3n) is 3.83. The van der Waals surface area contributed by atoms with E-state index in [-0.39, 0.29) is 24.2 Å². The molecule has 1 aromatic carbocycles. The number of thiophene rings is 1. The van der Waals surface area contributed by atoms with Crippen LogP contribution in [0.25, 0.3) is 0 Å². The molecule has 126 valence electrons. The lowest BCUT2D eigenvalue weighted by Crippen LogP contribution is -2.28. The van der Waals surface area contributed by atoms with Crippen LogP contribution in [-0.4, -0.2) is 24.2 Å². The maximum atomic E-state index is 11.8. The molecule has 0 spiro atoms. The van der Waals surface area contributed by atoms with Crippen molar-refractivity contribution in [3.05, 3.63) is 51.7 Å². The molecule has 0 aliphatic heterocycles. The van der Waals surface area contributed by atoms with E-state index in [0.717, 1.165) is 22.6 Å². The van der Waals surface area contributed by atoms with Crippen LogP contribution in [0.2, 0.25) is 0 Å². The molecule has 0 fully saturated rings. The first-order valence-corrected chi connectivity index (χ1v) is 9.76. The van der Waals surface area contributed by atoms with Gasteiger partial charge in [0.1, 0.15) is 0 Å². The number of hydrogen-bond donors (Lipinski definition) is 1. The second-order valence-corrected chi connectivity index (χ2v) is 7.67. The zero-order chi connectivity index (χ0) is 16.8. The molecule has 1 aliphatic rings. The smallest absolute Gasteiger partial charge is 0.316 e. The number of aryl methyl sites for hydroxylation is 2. The molecule has 6 heteroatoms. The first kappa shape index (κ1) is 17.0. The second-order valence-electron chi connectivity index (χ2n) is 5.59. The van der Waals surface area contributed by atoms with Gasteiger partial charge in [0.15, 0.2) is 6.61 Å². The van der Waals surface area contributed by atoms with E-state index in [0.29, 0.717) is 6.54 Å². The monoisotopic (exact) mass is 361 g/mol. The van der Waals surface area contributed by atoms with Gasteiger partial charge in [0, 0.05) is 9.77 Å². The molecule has 0 saturated heterocycles. The molecule has 0 radical (unpaired) electrons. The number of benzene rings is 1. The minimum Gasteiger partial charge on any atom is -0.455 e. The molecule has 0 unspecified atom stereocenters. The van der Waals surface area contributed by atoms with E-state index >= 15 is 0 Å². The number of rotatable bonds is 7. The lowest BCUT2D eigenvalue weighted by Gasteiger charge is -2.07. The highest BCUT2D eigenvalue weighted by Crippen LogP contribution is 2.27. The summed E-state index contributed by atoms with van der Waals surface area (Å²) in [5.74, 6) is -0.428. The van der Waals surface area contributed by atoms with Crippen LogP contribution < -0.4 is 5.32 Å². The van der Waals surface area contributed by atoms with Crippen LogP contribution in [0.1, 0.15) is 22.4 Å². The highest BCUT2D eigenvalue weighted by molar-refractivity contribution is 8.00. The summed E-state index contributed by atoms with van der Waals surface area (Å²) in [5, 5.41) is 4.69. The number of carbonyl (C=O) groups is 2. The normalized spacial score (nSPS) is 12.7. The van der Waals surface area contributed by atoms with Crippen molar-refractivity contribution < 1.29 is 14.3 Å². The number of amides is 1. The number of nitrogens with one attached hydrogen (secondary N) is 1. The van der Waals surface area contributed by atoms with Crippen LogP contribution in [0.5, 0.6) is 0 Å². The molecular formula is C18H19NO3S2. The Bertz CT molecular complexity index is 713. The summed E-state index contributed by atoms with van der Waals surface area (Å²) in [5.41, 5.74) is 2.81. The summed E-state index contributed by atoms with van der Waals surface area (Å²) >= 11 is 3.03. The minimum atomic E-state index is -0.369.